The molecule has 0 unspecified atom stereocenters. The van der Waals surface area contributed by atoms with Crippen LogP contribution in [0.25, 0.3) is 6.08 Å². The lowest BCUT2D eigenvalue weighted by molar-refractivity contribution is -0.139. The molecule has 0 N–H and O–H groups in total. The normalized spacial score (nSPS) is 18.1. The highest BCUT2D eigenvalue weighted by Crippen LogP contribution is 2.36. The number of hydrogen-bond donors (Lipinski definition) is 0. The maximum Gasteiger partial charge on any atom is 0.338 e. The predicted octanol–water partition coefficient (Wildman–Crippen LogP) is 3.64. The molecule has 9 nitrogen and oxygen atoms in total. The average Bonchev–Trinajstić information content (AvgIpc) is 3.52. The van der Waals surface area contributed by atoms with E-state index in [4.69, 9.17) is 18.6 Å². The zero-order valence-electron chi connectivity index (χ0n) is 22.9. The molecule has 0 saturated carbocycles. The summed E-state index contributed by atoms with van der Waals surface area (Å²) in [6, 6.07) is 8.44. The summed E-state index contributed by atoms with van der Waals surface area (Å²) in [5, 5.41) is 0. The van der Waals surface area contributed by atoms with Crippen molar-refractivity contribution >= 4 is 29.3 Å². The van der Waals surface area contributed by atoms with Gasteiger partial charge in [-0.1, -0.05) is 24.3 Å². The van der Waals surface area contributed by atoms with Gasteiger partial charge in [0.15, 0.2) is 22.2 Å². The van der Waals surface area contributed by atoms with Crippen molar-refractivity contribution in [3.8, 4) is 11.5 Å². The van der Waals surface area contributed by atoms with Gasteiger partial charge in [-0.2, -0.15) is 0 Å². The molecule has 4 heterocycles. The van der Waals surface area contributed by atoms with Crippen LogP contribution in [0.15, 0.2) is 55.8 Å². The highest BCUT2D eigenvalue weighted by atomic mass is 32.1. The largest absolute Gasteiger partial charge is 0.493 e. The number of furan rings is 1. The van der Waals surface area contributed by atoms with E-state index in [2.05, 4.69) is 16.8 Å². The molecule has 1 saturated heterocycles. The van der Waals surface area contributed by atoms with Crippen molar-refractivity contribution in [1.29, 1.82) is 0 Å². The number of thiazole rings is 1. The summed E-state index contributed by atoms with van der Waals surface area (Å²) >= 11 is 1.26. The average molecular weight is 552 g/mol. The quantitative estimate of drug-likeness (QED) is 0.414. The molecule has 39 heavy (non-hydrogen) atoms. The third kappa shape index (κ3) is 5.13. The molecule has 1 aromatic carbocycles. The zero-order valence-corrected chi connectivity index (χ0v) is 23.7. The number of methoxy groups -OCH3 is 2. The highest BCUT2D eigenvalue weighted by Gasteiger charge is 2.34. The van der Waals surface area contributed by atoms with Crippen LogP contribution in [0, 0.1) is 5.92 Å². The number of nitrogens with zero attached hydrogens (tertiary/aromatic N) is 3. The maximum absolute atomic E-state index is 13.9. The Morgan fingerprint density at radius 3 is 2.59 bits per heavy atom. The van der Waals surface area contributed by atoms with Gasteiger partial charge in [0.1, 0.15) is 5.76 Å². The molecule has 0 spiro atoms. The van der Waals surface area contributed by atoms with Crippen molar-refractivity contribution in [2.45, 2.75) is 39.7 Å². The van der Waals surface area contributed by atoms with E-state index in [1.165, 1.54) is 11.3 Å². The van der Waals surface area contributed by atoms with Gasteiger partial charge in [0.25, 0.3) is 5.56 Å². The molecular formula is C29H33N3O6S. The fraction of sp³-hybridized carbons (Fsp3) is 0.414. The Hall–Kier alpha value is -3.79. The van der Waals surface area contributed by atoms with Crippen LogP contribution in [0.4, 0.5) is 5.88 Å². The number of hydrogen-bond acceptors (Lipinski definition) is 9. The molecule has 10 heteroatoms. The second kappa shape index (κ2) is 11.1. The molecule has 2 aliphatic heterocycles. The first kappa shape index (κ1) is 26.8. The zero-order chi connectivity index (χ0) is 27.7. The van der Waals surface area contributed by atoms with Crippen LogP contribution in [0.2, 0.25) is 0 Å². The molecule has 0 amide bonds. The third-order valence-corrected chi connectivity index (χ3v) is 8.20. The molecule has 1 fully saturated rings. The van der Waals surface area contributed by atoms with Crippen molar-refractivity contribution in [2.24, 2.45) is 10.9 Å². The maximum atomic E-state index is 13.9. The summed E-state index contributed by atoms with van der Waals surface area (Å²) in [4.78, 5) is 34.4. The van der Waals surface area contributed by atoms with Crippen LogP contribution in [0.1, 0.15) is 51.0 Å². The SMILES string of the molecule is CCOC(=O)C1=C(C)N=c2s/c(=C/c3ccc(N4CCC(C)CC4)o3)c(=O)n2[C@@H]1c1ccc(OC)c(OC)c1. The molecule has 2 aliphatic rings. The van der Waals surface area contributed by atoms with Gasteiger partial charge >= 0.3 is 5.97 Å². The Kier molecular flexibility index (Phi) is 7.65. The second-order valence-corrected chi connectivity index (χ2v) is 10.8. The molecule has 0 radical (unpaired) electrons. The standard InChI is InChI=1S/C29H33N3O6S/c1-6-37-28(34)25-18(3)30-29-32(26(25)19-7-9-21(35-4)22(15-19)36-5)27(33)23(39-29)16-20-8-10-24(38-20)31-13-11-17(2)12-14-31/h7-10,15-17,26H,6,11-14H2,1-5H3/b23-16+/t26-/m1/s1. The smallest absolute Gasteiger partial charge is 0.338 e. The number of benzene rings is 1. The molecule has 2 aromatic heterocycles. The molecule has 206 valence electrons. The number of anilines is 1. The van der Waals surface area contributed by atoms with E-state index >= 15 is 0 Å². The minimum Gasteiger partial charge on any atom is -0.493 e. The lowest BCUT2D eigenvalue weighted by atomic mass is 9.95. The lowest BCUT2D eigenvalue weighted by Crippen LogP contribution is -2.39. The van der Waals surface area contributed by atoms with E-state index in [1.807, 2.05) is 18.2 Å². The van der Waals surface area contributed by atoms with Crippen molar-refractivity contribution in [1.82, 2.24) is 4.57 Å². The van der Waals surface area contributed by atoms with Gasteiger partial charge < -0.3 is 23.5 Å². The minimum atomic E-state index is -0.746. The molecule has 0 bridgehead atoms. The fourth-order valence-electron chi connectivity index (χ4n) is 5.08. The van der Waals surface area contributed by atoms with Crippen LogP contribution in [0.3, 0.4) is 0 Å². The summed E-state index contributed by atoms with van der Waals surface area (Å²) < 4.78 is 24.4. The number of aromatic nitrogens is 1. The van der Waals surface area contributed by atoms with E-state index in [0.29, 0.717) is 43.4 Å². The molecule has 5 rings (SSSR count). The monoisotopic (exact) mass is 551 g/mol. The number of allylic oxidation sites excluding steroid dienone is 1. The minimum absolute atomic E-state index is 0.204. The molecular weight excluding hydrogens is 518 g/mol. The Morgan fingerprint density at radius 2 is 1.90 bits per heavy atom. The van der Waals surface area contributed by atoms with Crippen molar-refractivity contribution < 1.29 is 23.4 Å². The van der Waals surface area contributed by atoms with Crippen LogP contribution in [-0.4, -0.2) is 44.5 Å². The lowest BCUT2D eigenvalue weighted by Gasteiger charge is -2.29. The highest BCUT2D eigenvalue weighted by molar-refractivity contribution is 7.07. The number of esters is 1. The molecule has 3 aromatic rings. The van der Waals surface area contributed by atoms with E-state index in [-0.39, 0.29) is 12.2 Å². The van der Waals surface area contributed by atoms with E-state index in [0.717, 1.165) is 37.7 Å². The Labute approximate surface area is 230 Å². The van der Waals surface area contributed by atoms with Crippen molar-refractivity contribution in [2.75, 3.05) is 38.8 Å². The van der Waals surface area contributed by atoms with Crippen molar-refractivity contribution in [3.05, 3.63) is 72.6 Å². The topological polar surface area (TPSA) is 95.5 Å². The predicted molar refractivity (Wildman–Crippen MR) is 149 cm³/mol. The van der Waals surface area contributed by atoms with E-state index < -0.39 is 12.0 Å². The van der Waals surface area contributed by atoms with Crippen LogP contribution < -0.4 is 29.3 Å². The fourth-order valence-corrected chi connectivity index (χ4v) is 6.10. The number of rotatable bonds is 7. The summed E-state index contributed by atoms with van der Waals surface area (Å²) in [6.45, 7) is 7.89. The van der Waals surface area contributed by atoms with Gasteiger partial charge in [0.05, 0.1) is 42.7 Å². The van der Waals surface area contributed by atoms with Crippen molar-refractivity contribution in [3.63, 3.8) is 0 Å². The Balaban J connectivity index is 1.60. The van der Waals surface area contributed by atoms with Gasteiger partial charge in [-0.05, 0) is 56.4 Å². The Morgan fingerprint density at radius 1 is 1.15 bits per heavy atom. The van der Waals surface area contributed by atoms with Crippen LogP contribution in [-0.2, 0) is 9.53 Å². The third-order valence-electron chi connectivity index (χ3n) is 7.22. The van der Waals surface area contributed by atoms with Gasteiger partial charge in [-0.3, -0.25) is 9.36 Å². The number of ether oxygens (including phenoxy) is 3. The van der Waals surface area contributed by atoms with Gasteiger partial charge in [0.2, 0.25) is 0 Å². The summed E-state index contributed by atoms with van der Waals surface area (Å²) in [7, 11) is 3.10. The number of piperidine rings is 1. The molecule has 1 atom stereocenters. The molecule has 0 aliphatic carbocycles. The summed E-state index contributed by atoms with van der Waals surface area (Å²) in [6.07, 6.45) is 4.01. The van der Waals surface area contributed by atoms with Gasteiger partial charge in [-0.15, -0.1) is 0 Å². The van der Waals surface area contributed by atoms with Gasteiger partial charge in [-0.25, -0.2) is 9.79 Å². The van der Waals surface area contributed by atoms with E-state index in [9.17, 15) is 9.59 Å². The van der Waals surface area contributed by atoms with E-state index in [1.54, 1.807) is 50.8 Å². The Bertz CT molecular complexity index is 1590. The first-order valence-corrected chi connectivity index (χ1v) is 13.9. The number of carbonyl (C=O) groups is 1. The summed E-state index contributed by atoms with van der Waals surface area (Å²) in [5.74, 6) is 2.65. The van der Waals surface area contributed by atoms with Crippen LogP contribution in [0.5, 0.6) is 11.5 Å². The summed E-state index contributed by atoms with van der Waals surface area (Å²) in [5.41, 5.74) is 1.22. The first-order valence-electron chi connectivity index (χ1n) is 13.1. The van der Waals surface area contributed by atoms with Gasteiger partial charge in [0, 0.05) is 25.2 Å². The van der Waals surface area contributed by atoms with Crippen LogP contribution >= 0.6 is 11.3 Å². The first-order chi connectivity index (χ1) is 18.8. The second-order valence-electron chi connectivity index (χ2n) is 9.76. The number of fused-ring (bicyclic) bond motifs is 1. The number of carbonyl (C=O) groups excluding carboxylic acids is 1.